The monoisotopic (exact) mass is 691 g/mol. The summed E-state index contributed by atoms with van der Waals surface area (Å²) in [7, 11) is -3.46. The van der Waals surface area contributed by atoms with Crippen LogP contribution < -0.4 is 26.2 Å². The van der Waals surface area contributed by atoms with Crippen molar-refractivity contribution in [2.45, 2.75) is 44.0 Å². The second-order valence-corrected chi connectivity index (χ2v) is 12.4. The minimum absolute atomic E-state index is 0.0192. The Morgan fingerprint density at radius 3 is 2.61 bits per heavy atom. The van der Waals surface area contributed by atoms with Gasteiger partial charge in [-0.1, -0.05) is 5.16 Å². The maximum atomic E-state index is 13.9. The molecule has 2 aromatic heterocycles. The van der Waals surface area contributed by atoms with E-state index in [1.165, 1.54) is 46.9 Å². The van der Waals surface area contributed by atoms with Gasteiger partial charge in [-0.05, 0) is 26.0 Å². The van der Waals surface area contributed by atoms with Crippen molar-refractivity contribution >= 4 is 61.3 Å². The average Bonchev–Trinajstić information content (AvgIpc) is 3.52. The minimum atomic E-state index is -5.04. The number of alkyl halides is 2. The number of hydrogen-bond acceptors (Lipinski definition) is 13. The van der Waals surface area contributed by atoms with Crippen molar-refractivity contribution in [3.8, 4) is 5.75 Å². The van der Waals surface area contributed by atoms with Crippen molar-refractivity contribution in [1.29, 1.82) is 0 Å². The number of carbonyl (C=O) groups excluding carboxylic acids is 2. The van der Waals surface area contributed by atoms with Crippen LogP contribution in [0.5, 0.6) is 5.75 Å². The Balaban J connectivity index is 1.50. The molecule has 1 aromatic carbocycles. The molecule has 0 spiro atoms. The molecule has 2 atom stereocenters. The molecule has 2 amide bonds. The van der Waals surface area contributed by atoms with Gasteiger partial charge in [-0.15, -0.1) is 20.3 Å². The molecule has 3 heterocycles. The molecule has 250 valence electrons. The van der Waals surface area contributed by atoms with Crippen LogP contribution in [0.2, 0.25) is 0 Å². The van der Waals surface area contributed by atoms with E-state index in [9.17, 15) is 36.7 Å². The van der Waals surface area contributed by atoms with Crippen molar-refractivity contribution in [2.75, 3.05) is 18.9 Å². The number of aromatic nitrogens is 3. The van der Waals surface area contributed by atoms with Crippen molar-refractivity contribution in [3.63, 3.8) is 0 Å². The topological polar surface area (TPSA) is 255 Å². The maximum absolute atomic E-state index is 13.9. The van der Waals surface area contributed by atoms with E-state index in [1.54, 1.807) is 13.1 Å². The zero-order valence-corrected chi connectivity index (χ0v) is 25.9. The average molecular weight is 692 g/mol. The van der Waals surface area contributed by atoms with Crippen LogP contribution in [-0.4, -0.2) is 93.1 Å². The van der Waals surface area contributed by atoms with Gasteiger partial charge in [0, 0.05) is 11.4 Å². The number of thiazole rings is 1. The first-order valence-corrected chi connectivity index (χ1v) is 15.3. The number of nitrogens with zero attached hydrogens (tertiary/aromatic N) is 5. The molecule has 0 bridgehead atoms. The van der Waals surface area contributed by atoms with E-state index < -0.39 is 77.2 Å². The van der Waals surface area contributed by atoms with E-state index in [0.29, 0.717) is 16.0 Å². The van der Waals surface area contributed by atoms with Crippen LogP contribution in [0.4, 0.5) is 13.9 Å². The predicted molar refractivity (Wildman–Crippen MR) is 154 cm³/mol. The third-order valence-electron chi connectivity index (χ3n) is 6.76. The third kappa shape index (κ3) is 7.47. The van der Waals surface area contributed by atoms with E-state index in [1.807, 2.05) is 0 Å². The standard InChI is InChI=1S/C24H28F2N8O10S2/c1-23(2)18(20(36)34(23)44-46(39,40)41)30-19(35)17(14-9-45-22(28)29-14)31-43-16(21(37)38)8-42-13-4-5-15-12(6-13)7-33(32(15)3)11-24(25,26)10-27/h4-7,9,16,18H,8,10-11,27H2,1-3H3,(H4-,28,29,30,35,37,38,39,40,41)/p+1/b31-17-/t16-,18+/m0/s1. The zero-order valence-electron chi connectivity index (χ0n) is 24.3. The molecule has 1 aliphatic heterocycles. The number of carboxylic acid groups (broad SMARTS) is 1. The van der Waals surface area contributed by atoms with Gasteiger partial charge in [-0.2, -0.15) is 18.2 Å². The molecular formula is C24H29F2N8O10S2+. The van der Waals surface area contributed by atoms with E-state index in [2.05, 4.69) is 19.7 Å². The Bertz CT molecular complexity index is 1810. The summed E-state index contributed by atoms with van der Waals surface area (Å²) in [5.74, 6) is -6.60. The van der Waals surface area contributed by atoms with Crippen LogP contribution in [0.3, 0.4) is 0 Å². The number of fused-ring (bicyclic) bond motifs is 1. The van der Waals surface area contributed by atoms with Gasteiger partial charge in [-0.3, -0.25) is 14.1 Å². The van der Waals surface area contributed by atoms with E-state index in [4.69, 9.17) is 25.6 Å². The Morgan fingerprint density at radius 2 is 2.04 bits per heavy atom. The number of β-lactam (4-membered cyclic amide) rings is 1. The van der Waals surface area contributed by atoms with Gasteiger partial charge in [0.1, 0.15) is 30.6 Å². The number of aliphatic carboxylic acids is 1. The normalized spacial score (nSPS) is 17.5. The van der Waals surface area contributed by atoms with E-state index >= 15 is 0 Å². The highest BCUT2D eigenvalue weighted by molar-refractivity contribution is 7.80. The lowest BCUT2D eigenvalue weighted by Crippen LogP contribution is -2.76. The highest BCUT2D eigenvalue weighted by Crippen LogP contribution is 2.33. The van der Waals surface area contributed by atoms with Crippen LogP contribution in [0.15, 0.2) is 34.9 Å². The third-order valence-corrected chi connectivity index (χ3v) is 7.77. The van der Waals surface area contributed by atoms with Crippen LogP contribution in [0.25, 0.3) is 10.9 Å². The van der Waals surface area contributed by atoms with Gasteiger partial charge in [0.25, 0.3) is 23.8 Å². The maximum Gasteiger partial charge on any atom is 0.418 e. The molecule has 0 saturated carbocycles. The number of oxime groups is 1. The molecule has 7 N–H and O–H groups in total. The fourth-order valence-electron chi connectivity index (χ4n) is 4.31. The number of amides is 2. The quantitative estimate of drug-likeness (QED) is 0.0456. The number of hydrogen-bond donors (Lipinski definition) is 5. The minimum Gasteiger partial charge on any atom is -0.489 e. The van der Waals surface area contributed by atoms with Crippen molar-refractivity contribution < 1.29 is 59.8 Å². The summed E-state index contributed by atoms with van der Waals surface area (Å²) in [5.41, 5.74) is 9.20. The molecule has 1 saturated heterocycles. The fraction of sp³-hybridized carbons (Fsp3) is 0.417. The Kier molecular flexibility index (Phi) is 9.49. The number of carboxylic acids is 1. The Labute approximate surface area is 263 Å². The number of nitrogens with one attached hydrogen (secondary N) is 1. The number of nitrogen functional groups attached to an aromatic ring is 1. The largest absolute Gasteiger partial charge is 0.489 e. The van der Waals surface area contributed by atoms with Crippen LogP contribution >= 0.6 is 11.3 Å². The summed E-state index contributed by atoms with van der Waals surface area (Å²) in [6.07, 6.45) is -0.327. The van der Waals surface area contributed by atoms with Gasteiger partial charge < -0.3 is 31.5 Å². The number of halogens is 2. The molecule has 0 aliphatic carbocycles. The smallest absolute Gasteiger partial charge is 0.418 e. The zero-order chi connectivity index (χ0) is 34.2. The number of benzene rings is 1. The van der Waals surface area contributed by atoms with Gasteiger partial charge in [0.15, 0.2) is 17.9 Å². The van der Waals surface area contributed by atoms with Gasteiger partial charge in [-0.25, -0.2) is 18.6 Å². The first-order valence-electron chi connectivity index (χ1n) is 13.0. The van der Waals surface area contributed by atoms with E-state index in [0.717, 1.165) is 11.3 Å². The summed E-state index contributed by atoms with van der Waals surface area (Å²) in [6.45, 7) is 0.541. The number of carbonyl (C=O) groups is 3. The Hall–Kier alpha value is -4.51. The summed E-state index contributed by atoms with van der Waals surface area (Å²) in [5, 5.41) is 17.9. The van der Waals surface area contributed by atoms with Crippen LogP contribution in [0, 0.1) is 0 Å². The molecule has 18 nitrogen and oxygen atoms in total. The molecule has 46 heavy (non-hydrogen) atoms. The summed E-state index contributed by atoms with van der Waals surface area (Å²) < 4.78 is 71.4. The second kappa shape index (κ2) is 12.7. The van der Waals surface area contributed by atoms with Crippen molar-refractivity contribution in [3.05, 3.63) is 35.5 Å². The second-order valence-electron chi connectivity index (χ2n) is 10.5. The number of ether oxygens (including phenoxy) is 1. The lowest BCUT2D eigenvalue weighted by molar-refractivity contribution is -0.732. The Morgan fingerprint density at radius 1 is 1.35 bits per heavy atom. The van der Waals surface area contributed by atoms with Gasteiger partial charge in [0.2, 0.25) is 5.52 Å². The van der Waals surface area contributed by atoms with Crippen LogP contribution in [0.1, 0.15) is 19.5 Å². The predicted octanol–water partition coefficient (Wildman–Crippen LogP) is -0.809. The molecule has 0 radical (unpaired) electrons. The molecule has 0 unspecified atom stereocenters. The first kappa shape index (κ1) is 34.4. The van der Waals surface area contributed by atoms with E-state index in [-0.39, 0.29) is 16.6 Å². The summed E-state index contributed by atoms with van der Waals surface area (Å²) in [4.78, 5) is 46.7. The number of rotatable bonds is 14. The number of anilines is 1. The van der Waals surface area contributed by atoms with Crippen molar-refractivity contribution in [1.82, 2.24) is 20.0 Å². The van der Waals surface area contributed by atoms with Crippen molar-refractivity contribution in [2.24, 2.45) is 17.9 Å². The molecule has 4 rings (SSSR count). The SMILES string of the molecule is C[n+]1c2ccc(OC[C@H](O/N=C(\C(=O)N[C@@H]3C(=O)N(OS(=O)(=O)O)C3(C)C)c3csc(N)n3)C(=O)O)cc2cn1CC(F)(F)CN. The molecule has 22 heteroatoms. The molecule has 1 fully saturated rings. The summed E-state index contributed by atoms with van der Waals surface area (Å²) >= 11 is 0.920. The lowest BCUT2D eigenvalue weighted by atomic mass is 9.84. The number of hydroxylamine groups is 2. The van der Waals surface area contributed by atoms with Gasteiger partial charge in [0.05, 0.1) is 23.7 Å². The highest BCUT2D eigenvalue weighted by Gasteiger charge is 2.58. The van der Waals surface area contributed by atoms with Crippen LogP contribution in [-0.2, 0) is 47.5 Å². The lowest BCUT2D eigenvalue weighted by Gasteiger charge is -2.50. The molecule has 1 aliphatic rings. The highest BCUT2D eigenvalue weighted by atomic mass is 32.3. The summed E-state index contributed by atoms with van der Waals surface area (Å²) in [6, 6.07) is 3.20. The number of aryl methyl sites for hydroxylation is 1. The molecular weight excluding hydrogens is 662 g/mol. The fourth-order valence-corrected chi connectivity index (χ4v) is 5.32. The first-order chi connectivity index (χ1) is 21.3. The molecule has 3 aromatic rings. The van der Waals surface area contributed by atoms with Gasteiger partial charge >= 0.3 is 16.4 Å². The number of nitrogens with two attached hydrogens (primary N) is 2.